The van der Waals surface area contributed by atoms with E-state index >= 15 is 4.79 Å². The first-order valence-corrected chi connectivity index (χ1v) is 37.1. The fourth-order valence-corrected chi connectivity index (χ4v) is 14.8. The molecule has 1 spiro atoms. The number of para-hydroxylation sites is 1. The molecule has 0 aliphatic carbocycles. The maximum atomic E-state index is 15.5. The molecule has 0 aromatic heterocycles. The molecular formula is C78H125FN4O4. The lowest BCUT2D eigenvalue weighted by atomic mass is 9.85. The van der Waals surface area contributed by atoms with E-state index in [0.717, 1.165) is 62.1 Å². The minimum absolute atomic E-state index is 0.0283. The molecule has 1 unspecified atom stereocenters. The van der Waals surface area contributed by atoms with Gasteiger partial charge in [-0.2, -0.15) is 0 Å². The summed E-state index contributed by atoms with van der Waals surface area (Å²) in [5.41, 5.74) is 2.88. The Morgan fingerprint density at radius 2 is 0.828 bits per heavy atom. The van der Waals surface area contributed by atoms with Gasteiger partial charge in [-0.25, -0.2) is 9.18 Å². The van der Waals surface area contributed by atoms with E-state index < -0.39 is 11.5 Å². The van der Waals surface area contributed by atoms with Crippen LogP contribution in [0.15, 0.2) is 72.8 Å². The highest BCUT2D eigenvalue weighted by atomic mass is 19.1. The van der Waals surface area contributed by atoms with Crippen LogP contribution in [0.2, 0.25) is 0 Å². The summed E-state index contributed by atoms with van der Waals surface area (Å²) >= 11 is 0. The zero-order valence-electron chi connectivity index (χ0n) is 55.4. The largest absolute Gasteiger partial charge is 0.478 e. The number of rotatable bonds is 8. The number of carboxylic acids is 1. The second kappa shape index (κ2) is 45.1. The molecule has 2 fully saturated rings. The van der Waals surface area contributed by atoms with E-state index in [1.165, 1.54) is 282 Å². The molecule has 6 rings (SSSR count). The first-order chi connectivity index (χ1) is 42.9. The molecule has 488 valence electrons. The maximum absolute atomic E-state index is 15.5. The molecule has 1 N–H and O–H groups in total. The number of amides is 2. The summed E-state index contributed by atoms with van der Waals surface area (Å²) in [5.74, 6) is -1.12. The van der Waals surface area contributed by atoms with Crippen LogP contribution >= 0.6 is 0 Å². The van der Waals surface area contributed by atoms with Crippen molar-refractivity contribution in [3.05, 3.63) is 95.3 Å². The third-order valence-electron chi connectivity index (χ3n) is 20.2. The van der Waals surface area contributed by atoms with Gasteiger partial charge in [0.2, 0.25) is 11.8 Å². The molecule has 3 aromatic rings. The van der Waals surface area contributed by atoms with Gasteiger partial charge in [-0.05, 0) is 86.3 Å². The van der Waals surface area contributed by atoms with E-state index in [-0.39, 0.29) is 29.7 Å². The van der Waals surface area contributed by atoms with Crippen LogP contribution in [0.5, 0.6) is 0 Å². The van der Waals surface area contributed by atoms with Gasteiger partial charge < -0.3 is 24.7 Å². The Morgan fingerprint density at radius 3 is 1.26 bits per heavy atom. The predicted octanol–water partition coefficient (Wildman–Crippen LogP) is 22.1. The molecule has 87 heavy (non-hydrogen) atoms. The molecule has 2 amide bonds. The van der Waals surface area contributed by atoms with Crippen LogP contribution in [-0.2, 0) is 22.6 Å². The number of fused-ring (bicyclic) bond motifs is 1. The predicted molar refractivity (Wildman–Crippen MR) is 366 cm³/mol. The first-order valence-electron chi connectivity index (χ1n) is 37.1. The Balaban J connectivity index is 1.03. The normalized spacial score (nSPS) is 22.5. The summed E-state index contributed by atoms with van der Waals surface area (Å²) in [6, 6.07) is 21.8. The number of anilines is 2. The lowest BCUT2D eigenvalue weighted by Gasteiger charge is -2.39. The Bertz CT molecular complexity index is 2270. The second-order valence-electron chi connectivity index (χ2n) is 27.4. The van der Waals surface area contributed by atoms with Gasteiger partial charge in [0.1, 0.15) is 11.4 Å². The van der Waals surface area contributed by atoms with Gasteiger partial charge in [0.15, 0.2) is 0 Å². The SMILES string of the molecule is O=C(O)c1ccccc1CN1CN(c2ccc(F)cc2)C2(CCCCCCCCCCCCCCCCCCCCCCCCCCCCCCCCCCCCCCCCCCCCCCCCN(CCCN3C(=O)Cc4ccccc43)CC2)C1=O. The Kier molecular flexibility index (Phi) is 37.2. The summed E-state index contributed by atoms with van der Waals surface area (Å²) < 4.78 is 14.7. The van der Waals surface area contributed by atoms with Crippen LogP contribution in [0.3, 0.4) is 0 Å². The number of benzene rings is 3. The number of nitrogens with zero attached hydrogens (tertiary/aromatic N) is 4. The Hall–Kier alpha value is -4.24. The highest BCUT2D eigenvalue weighted by Gasteiger charge is 2.52. The quantitative estimate of drug-likeness (QED) is 0.242. The van der Waals surface area contributed by atoms with Crippen LogP contribution < -0.4 is 9.80 Å². The van der Waals surface area contributed by atoms with Crippen LogP contribution in [0.1, 0.15) is 336 Å². The zero-order chi connectivity index (χ0) is 61.1. The van der Waals surface area contributed by atoms with Gasteiger partial charge in [0.05, 0.1) is 18.7 Å². The summed E-state index contributed by atoms with van der Waals surface area (Å²) in [6.45, 7) is 3.62. The van der Waals surface area contributed by atoms with Crippen molar-refractivity contribution in [2.45, 2.75) is 333 Å². The van der Waals surface area contributed by atoms with Gasteiger partial charge in [-0.3, -0.25) is 9.59 Å². The maximum Gasteiger partial charge on any atom is 0.336 e. The van der Waals surface area contributed by atoms with E-state index in [2.05, 4.69) is 21.9 Å². The molecular weight excluding hydrogens is 1080 g/mol. The van der Waals surface area contributed by atoms with Gasteiger partial charge >= 0.3 is 5.97 Å². The number of carbonyl (C=O) groups is 3. The highest BCUT2D eigenvalue weighted by Crippen LogP contribution is 2.40. The average molecular weight is 1200 g/mol. The molecule has 0 radical (unpaired) electrons. The van der Waals surface area contributed by atoms with Gasteiger partial charge in [-0.1, -0.05) is 325 Å². The molecule has 3 heterocycles. The van der Waals surface area contributed by atoms with Crippen LogP contribution in [0.25, 0.3) is 0 Å². The summed E-state index contributed by atoms with van der Waals surface area (Å²) in [4.78, 5) is 49.9. The van der Waals surface area contributed by atoms with Crippen molar-refractivity contribution in [3.63, 3.8) is 0 Å². The van der Waals surface area contributed by atoms with Crippen LogP contribution in [0, 0.1) is 5.82 Å². The number of hydrogen-bond acceptors (Lipinski definition) is 5. The molecule has 0 bridgehead atoms. The van der Waals surface area contributed by atoms with Gasteiger partial charge in [0, 0.05) is 31.0 Å². The van der Waals surface area contributed by atoms with E-state index in [9.17, 15) is 19.1 Å². The van der Waals surface area contributed by atoms with Crippen molar-refractivity contribution in [1.29, 1.82) is 0 Å². The second-order valence-corrected chi connectivity index (χ2v) is 27.4. The van der Waals surface area contributed by atoms with Crippen molar-refractivity contribution >= 4 is 29.2 Å². The average Bonchev–Trinajstić information content (AvgIpc) is 1.70. The monoisotopic (exact) mass is 1200 g/mol. The molecule has 0 saturated carbocycles. The number of hydrogen-bond donors (Lipinski definition) is 1. The van der Waals surface area contributed by atoms with E-state index in [1.54, 1.807) is 12.1 Å². The number of halogens is 1. The van der Waals surface area contributed by atoms with Crippen molar-refractivity contribution in [2.24, 2.45) is 0 Å². The molecule has 3 aliphatic rings. The van der Waals surface area contributed by atoms with Crippen molar-refractivity contribution in [2.75, 3.05) is 42.6 Å². The Morgan fingerprint density at radius 1 is 0.437 bits per heavy atom. The molecule has 3 aliphatic heterocycles. The minimum Gasteiger partial charge on any atom is -0.478 e. The number of aromatic carboxylic acids is 1. The fraction of sp³-hybridized carbons (Fsp3) is 0.731. The zero-order valence-corrected chi connectivity index (χ0v) is 55.4. The van der Waals surface area contributed by atoms with Crippen molar-refractivity contribution in [3.8, 4) is 0 Å². The molecule has 9 heteroatoms. The third kappa shape index (κ3) is 28.2. The van der Waals surface area contributed by atoms with Crippen LogP contribution in [0.4, 0.5) is 15.8 Å². The smallest absolute Gasteiger partial charge is 0.336 e. The number of carbonyl (C=O) groups excluding carboxylic acids is 2. The summed E-state index contributed by atoms with van der Waals surface area (Å²) in [6.07, 6.45) is 65.2. The van der Waals surface area contributed by atoms with Gasteiger partial charge in [-0.15, -0.1) is 0 Å². The highest BCUT2D eigenvalue weighted by molar-refractivity contribution is 6.01. The molecule has 2 saturated heterocycles. The minimum atomic E-state index is -1.00. The third-order valence-corrected chi connectivity index (χ3v) is 20.2. The lowest BCUT2D eigenvalue weighted by molar-refractivity contribution is -0.133. The van der Waals surface area contributed by atoms with E-state index in [4.69, 9.17) is 0 Å². The van der Waals surface area contributed by atoms with Gasteiger partial charge in [0.25, 0.3) is 0 Å². The van der Waals surface area contributed by atoms with Crippen LogP contribution in [-0.4, -0.2) is 71.1 Å². The first kappa shape index (κ1) is 71.8. The summed E-state index contributed by atoms with van der Waals surface area (Å²) in [5, 5.41) is 10.2. The fourth-order valence-electron chi connectivity index (χ4n) is 14.8. The number of carboxylic acid groups (broad SMARTS) is 1. The Labute approximate surface area is 531 Å². The molecule has 3 aromatic carbocycles. The topological polar surface area (TPSA) is 84.4 Å². The van der Waals surface area contributed by atoms with Crippen molar-refractivity contribution in [1.82, 2.24) is 9.80 Å². The van der Waals surface area contributed by atoms with Crippen molar-refractivity contribution < 1.29 is 23.9 Å². The van der Waals surface area contributed by atoms with E-state index in [0.29, 0.717) is 44.6 Å². The molecule has 1 atom stereocenters. The lowest BCUT2D eigenvalue weighted by Crippen LogP contribution is -2.51. The summed E-state index contributed by atoms with van der Waals surface area (Å²) in [7, 11) is 0. The standard InChI is InChI=1S/C78H125FN4O4/c79-71-56-58-72(59-57-71)83-68-81(67-70-53-45-47-54-73(70)76(85)86)77(87)78(83)60-49-43-41-39-37-35-33-31-29-27-25-23-21-19-17-15-13-11-9-7-5-3-1-2-4-6-8-10-12-14-16-18-20-22-24-26-28-30-32-34-36-38-40-42-44-50-62-80(65-61-78)63-51-64-82-74-55-48-46-52-69(74)66-75(82)84/h45-48,52-59H,1-44,49-51,60-68H2,(H,85,86). The van der Waals surface area contributed by atoms with E-state index in [1.807, 2.05) is 46.2 Å². The molecule has 8 nitrogen and oxygen atoms in total.